The van der Waals surface area contributed by atoms with Gasteiger partial charge in [-0.3, -0.25) is 35.2 Å². The lowest BCUT2D eigenvalue weighted by Crippen LogP contribution is -2.72. The minimum Gasteiger partial charge on any atom is -0.360 e. The van der Waals surface area contributed by atoms with Crippen LogP contribution in [-0.4, -0.2) is 69.1 Å². The number of aromatic nitrogens is 1. The number of thioether (sulfide) groups is 1. The fraction of sp³-hybridized carbons (Fsp3) is 0.400. The lowest BCUT2D eigenvalue weighted by Gasteiger charge is -2.50. The van der Waals surface area contributed by atoms with Crippen molar-refractivity contribution >= 4 is 41.1 Å². The number of hydrogen-bond acceptors (Lipinski definition) is 10. The monoisotopic (exact) mass is 489 g/mol. The molecule has 2 aromatic rings. The second-order valence-electron chi connectivity index (χ2n) is 7.98. The average molecular weight is 490 g/mol. The first-order valence-corrected chi connectivity index (χ1v) is 11.4. The number of urea groups is 1. The van der Waals surface area contributed by atoms with Crippen molar-refractivity contribution in [3.8, 4) is 0 Å². The Labute approximate surface area is 198 Å². The summed E-state index contributed by atoms with van der Waals surface area (Å²) in [7, 11) is 3.01. The van der Waals surface area contributed by atoms with E-state index in [1.54, 1.807) is 32.2 Å². The number of nitro benzene ring substituents is 1. The average Bonchev–Trinajstić information content (AvgIpc) is 3.23. The number of imide groups is 1. The predicted molar refractivity (Wildman–Crippen MR) is 121 cm³/mol. The highest BCUT2D eigenvalue weighted by molar-refractivity contribution is 8.00. The van der Waals surface area contributed by atoms with Gasteiger partial charge in [0, 0.05) is 32.3 Å². The lowest BCUT2D eigenvalue weighted by atomic mass is 9.96. The Morgan fingerprint density at radius 2 is 1.97 bits per heavy atom. The maximum atomic E-state index is 13.0. The number of hydrogen-bond donors (Lipinski definition) is 3. The van der Waals surface area contributed by atoms with Crippen LogP contribution in [0.25, 0.3) is 0 Å². The quantitative estimate of drug-likeness (QED) is 0.397. The number of nitro groups is 1. The van der Waals surface area contributed by atoms with Crippen molar-refractivity contribution in [3.05, 3.63) is 51.8 Å². The molecule has 0 aliphatic carbocycles. The highest BCUT2D eigenvalue weighted by atomic mass is 32.2. The van der Waals surface area contributed by atoms with E-state index < -0.39 is 34.6 Å². The van der Waals surface area contributed by atoms with Crippen molar-refractivity contribution in [1.82, 2.24) is 25.6 Å². The normalized spacial score (nSPS) is 24.7. The number of rotatable bonds is 6. The SMILES string of the molecule is Cc1cc(NC(=O)CSC2NC(c3ccc([N+](=O)[O-])cc3)NC3C2C(=O)N(C)C(=O)N3C)no1. The number of anilines is 1. The largest absolute Gasteiger partial charge is 0.360 e. The van der Waals surface area contributed by atoms with Crippen molar-refractivity contribution in [2.75, 3.05) is 25.2 Å². The van der Waals surface area contributed by atoms with E-state index in [-0.39, 0.29) is 23.3 Å². The number of nitrogens with one attached hydrogen (secondary N) is 3. The van der Waals surface area contributed by atoms with Crippen LogP contribution < -0.4 is 16.0 Å². The van der Waals surface area contributed by atoms with Crippen molar-refractivity contribution < 1.29 is 23.8 Å². The molecule has 3 N–H and O–H groups in total. The summed E-state index contributed by atoms with van der Waals surface area (Å²) in [6.07, 6.45) is -1.16. The van der Waals surface area contributed by atoms with Crippen LogP contribution in [0.5, 0.6) is 0 Å². The van der Waals surface area contributed by atoms with Crippen LogP contribution >= 0.6 is 11.8 Å². The van der Waals surface area contributed by atoms with E-state index in [1.165, 1.54) is 35.8 Å². The number of carbonyl (C=O) groups excluding carboxylic acids is 3. The number of non-ortho nitro benzene ring substituents is 1. The number of amides is 4. The summed E-state index contributed by atoms with van der Waals surface area (Å²) in [6.45, 7) is 1.71. The van der Waals surface area contributed by atoms with Gasteiger partial charge in [0.05, 0.1) is 34.3 Å². The number of aryl methyl sites for hydroxylation is 1. The Kier molecular flexibility index (Phi) is 6.54. The molecule has 2 fully saturated rings. The molecule has 2 aliphatic rings. The molecule has 2 aliphatic heterocycles. The molecule has 13 nitrogen and oxygen atoms in total. The summed E-state index contributed by atoms with van der Waals surface area (Å²) in [5, 5.41) is 23.4. The maximum Gasteiger partial charge on any atom is 0.327 e. The van der Waals surface area contributed by atoms with Crippen molar-refractivity contribution in [2.24, 2.45) is 5.92 Å². The van der Waals surface area contributed by atoms with Gasteiger partial charge >= 0.3 is 6.03 Å². The Morgan fingerprint density at radius 1 is 1.26 bits per heavy atom. The Morgan fingerprint density at radius 3 is 2.59 bits per heavy atom. The molecule has 1 aromatic carbocycles. The molecule has 3 heterocycles. The van der Waals surface area contributed by atoms with E-state index in [9.17, 15) is 24.5 Å². The van der Waals surface area contributed by atoms with Gasteiger partial charge < -0.3 is 14.7 Å². The van der Waals surface area contributed by atoms with E-state index in [0.29, 0.717) is 17.1 Å². The smallest absolute Gasteiger partial charge is 0.327 e. The predicted octanol–water partition coefficient (Wildman–Crippen LogP) is 1.25. The van der Waals surface area contributed by atoms with Gasteiger partial charge in [0.2, 0.25) is 11.8 Å². The van der Waals surface area contributed by atoms with Crippen LogP contribution in [0.4, 0.5) is 16.3 Å². The summed E-state index contributed by atoms with van der Waals surface area (Å²) in [6, 6.07) is 7.10. The second kappa shape index (κ2) is 9.40. The van der Waals surface area contributed by atoms with Gasteiger partial charge in [0.25, 0.3) is 5.69 Å². The molecular weight excluding hydrogens is 466 g/mol. The molecule has 14 heteroatoms. The number of nitrogens with zero attached hydrogens (tertiary/aromatic N) is 4. The second-order valence-corrected chi connectivity index (χ2v) is 9.11. The summed E-state index contributed by atoms with van der Waals surface area (Å²) in [4.78, 5) is 51.0. The van der Waals surface area contributed by atoms with Crippen LogP contribution in [0.2, 0.25) is 0 Å². The Hall–Kier alpha value is -3.49. The number of fused-ring (bicyclic) bond motifs is 1. The molecule has 4 unspecified atom stereocenters. The van der Waals surface area contributed by atoms with Crippen molar-refractivity contribution in [3.63, 3.8) is 0 Å². The van der Waals surface area contributed by atoms with Gasteiger partial charge in [-0.1, -0.05) is 5.16 Å². The Balaban J connectivity index is 1.54. The first-order chi connectivity index (χ1) is 16.2. The molecule has 0 bridgehead atoms. The molecule has 4 atom stereocenters. The van der Waals surface area contributed by atoms with Gasteiger partial charge in [-0.05, 0) is 24.6 Å². The summed E-state index contributed by atoms with van der Waals surface area (Å²) >= 11 is 1.22. The minimum absolute atomic E-state index is 0.00836. The topological polar surface area (TPSA) is 163 Å². The van der Waals surface area contributed by atoms with E-state index in [4.69, 9.17) is 4.52 Å². The van der Waals surface area contributed by atoms with Crippen LogP contribution in [-0.2, 0) is 9.59 Å². The van der Waals surface area contributed by atoms with Gasteiger partial charge in [0.15, 0.2) is 5.82 Å². The van der Waals surface area contributed by atoms with Crippen molar-refractivity contribution in [1.29, 1.82) is 0 Å². The maximum absolute atomic E-state index is 13.0. The van der Waals surface area contributed by atoms with Crippen LogP contribution in [0.3, 0.4) is 0 Å². The standard InChI is InChI=1S/C20H23N7O6S/c1-10-8-13(24-33-10)21-14(28)9-34-18-15-17(25(2)20(30)26(3)19(15)29)22-16(23-18)11-4-6-12(7-5-11)27(31)32/h4-8,15-18,22-23H,9H2,1-3H3,(H,21,24,28). The van der Waals surface area contributed by atoms with Gasteiger partial charge in [-0.15, -0.1) is 11.8 Å². The first kappa shape index (κ1) is 23.7. The third-order valence-corrected chi connectivity index (χ3v) is 6.90. The lowest BCUT2D eigenvalue weighted by molar-refractivity contribution is -0.384. The van der Waals surface area contributed by atoms with Gasteiger partial charge in [-0.2, -0.15) is 0 Å². The molecule has 34 heavy (non-hydrogen) atoms. The third kappa shape index (κ3) is 4.60. The summed E-state index contributed by atoms with van der Waals surface area (Å²) in [5.41, 5.74) is 0.634. The van der Waals surface area contributed by atoms with Crippen LogP contribution in [0.15, 0.2) is 34.9 Å². The zero-order valence-corrected chi connectivity index (χ0v) is 19.4. The first-order valence-electron chi connectivity index (χ1n) is 10.3. The zero-order chi connectivity index (χ0) is 24.6. The molecule has 4 amide bonds. The van der Waals surface area contributed by atoms with Crippen LogP contribution in [0.1, 0.15) is 17.5 Å². The third-order valence-electron chi connectivity index (χ3n) is 5.68. The molecule has 4 rings (SSSR count). The van der Waals surface area contributed by atoms with E-state index in [0.717, 1.165) is 4.90 Å². The molecule has 1 aromatic heterocycles. The summed E-state index contributed by atoms with van der Waals surface area (Å²) < 4.78 is 4.94. The van der Waals surface area contributed by atoms with Gasteiger partial charge in [0.1, 0.15) is 5.76 Å². The fourth-order valence-electron chi connectivity index (χ4n) is 3.95. The van der Waals surface area contributed by atoms with Gasteiger partial charge in [-0.25, -0.2) is 4.79 Å². The molecule has 0 saturated carbocycles. The molecular formula is C20H23N7O6S. The fourth-order valence-corrected chi connectivity index (χ4v) is 5.06. The molecule has 2 saturated heterocycles. The number of carbonyl (C=O) groups is 3. The van der Waals surface area contributed by atoms with E-state index in [2.05, 4.69) is 21.1 Å². The molecule has 0 radical (unpaired) electrons. The van der Waals surface area contributed by atoms with Crippen molar-refractivity contribution in [2.45, 2.75) is 24.6 Å². The highest BCUT2D eigenvalue weighted by Crippen LogP contribution is 2.34. The van der Waals surface area contributed by atoms with E-state index >= 15 is 0 Å². The van der Waals surface area contributed by atoms with Crippen LogP contribution in [0, 0.1) is 23.0 Å². The van der Waals surface area contributed by atoms with E-state index in [1.807, 2.05) is 0 Å². The Bertz CT molecular complexity index is 1120. The highest BCUT2D eigenvalue weighted by Gasteiger charge is 2.51. The zero-order valence-electron chi connectivity index (χ0n) is 18.5. The molecule has 180 valence electrons. The minimum atomic E-state index is -0.672. The summed E-state index contributed by atoms with van der Waals surface area (Å²) in [5.74, 6) is -0.520. The molecule has 0 spiro atoms. The number of benzene rings is 1.